The molecule has 1 aliphatic heterocycles. The molecule has 3 aromatic rings. The van der Waals surface area contributed by atoms with Crippen molar-refractivity contribution in [1.29, 1.82) is 0 Å². The Morgan fingerprint density at radius 2 is 2.23 bits per heavy atom. The molecular formula is C18H15BrN4O2S. The molecular weight excluding hydrogens is 416 g/mol. The van der Waals surface area contributed by atoms with Gasteiger partial charge in [-0.1, -0.05) is 12.1 Å². The molecule has 132 valence electrons. The second-order valence-electron chi connectivity index (χ2n) is 6.74. The molecule has 5 rings (SSSR count). The summed E-state index contributed by atoms with van der Waals surface area (Å²) in [6, 6.07) is 7.42. The number of carbonyl (C=O) groups is 2. The Morgan fingerprint density at radius 3 is 3.00 bits per heavy atom. The number of aromatic amines is 1. The van der Waals surface area contributed by atoms with Crippen molar-refractivity contribution in [2.24, 2.45) is 5.92 Å². The van der Waals surface area contributed by atoms with Crippen LogP contribution >= 0.6 is 27.3 Å². The van der Waals surface area contributed by atoms with E-state index in [-0.39, 0.29) is 17.9 Å². The number of likely N-dealkylation sites (tertiary alicyclic amines) is 1. The van der Waals surface area contributed by atoms with Gasteiger partial charge in [-0.2, -0.15) is 0 Å². The molecule has 6 nitrogen and oxygen atoms in total. The van der Waals surface area contributed by atoms with Crippen molar-refractivity contribution in [3.05, 3.63) is 46.0 Å². The minimum absolute atomic E-state index is 0.114. The molecule has 2 aromatic heterocycles. The number of halogens is 1. The summed E-state index contributed by atoms with van der Waals surface area (Å²) in [5, 5.41) is 6.18. The van der Waals surface area contributed by atoms with Crippen LogP contribution in [0.4, 0.5) is 5.13 Å². The van der Waals surface area contributed by atoms with E-state index in [0.29, 0.717) is 16.7 Å². The van der Waals surface area contributed by atoms with Crippen LogP contribution in [0.1, 0.15) is 23.3 Å². The summed E-state index contributed by atoms with van der Waals surface area (Å²) in [4.78, 5) is 34.9. The molecule has 2 aliphatic rings. The summed E-state index contributed by atoms with van der Waals surface area (Å²) >= 11 is 4.88. The first-order valence-electron chi connectivity index (χ1n) is 8.42. The number of piperidine rings is 1. The van der Waals surface area contributed by atoms with Crippen molar-refractivity contribution in [3.63, 3.8) is 0 Å². The van der Waals surface area contributed by atoms with Gasteiger partial charge in [-0.3, -0.25) is 9.59 Å². The molecule has 2 N–H and O–H groups in total. The van der Waals surface area contributed by atoms with Gasteiger partial charge in [-0.15, -0.1) is 11.3 Å². The van der Waals surface area contributed by atoms with Crippen LogP contribution in [0, 0.1) is 5.92 Å². The number of H-pyrrole nitrogens is 1. The van der Waals surface area contributed by atoms with Crippen molar-refractivity contribution in [2.75, 3.05) is 5.32 Å². The molecule has 3 heterocycles. The number of thiazole rings is 1. The van der Waals surface area contributed by atoms with Gasteiger partial charge in [0.2, 0.25) is 5.91 Å². The van der Waals surface area contributed by atoms with Crippen LogP contribution in [-0.2, 0) is 4.79 Å². The first-order valence-corrected chi connectivity index (χ1v) is 10.1. The van der Waals surface area contributed by atoms with Gasteiger partial charge < -0.3 is 15.2 Å². The first-order chi connectivity index (χ1) is 12.6. The zero-order valence-electron chi connectivity index (χ0n) is 13.6. The number of anilines is 1. The van der Waals surface area contributed by atoms with E-state index in [1.807, 2.05) is 29.6 Å². The predicted molar refractivity (Wildman–Crippen MR) is 103 cm³/mol. The number of aromatic nitrogens is 2. The van der Waals surface area contributed by atoms with Gasteiger partial charge in [-0.05, 0) is 46.8 Å². The van der Waals surface area contributed by atoms with E-state index in [1.165, 1.54) is 11.3 Å². The third-order valence-corrected chi connectivity index (χ3v) is 6.49. The van der Waals surface area contributed by atoms with Crippen molar-refractivity contribution >= 4 is 55.1 Å². The Bertz CT molecular complexity index is 1020. The van der Waals surface area contributed by atoms with Crippen LogP contribution in [0.25, 0.3) is 10.9 Å². The fourth-order valence-corrected chi connectivity index (χ4v) is 4.84. The summed E-state index contributed by atoms with van der Waals surface area (Å²) in [6.07, 6.45) is 3.35. The molecule has 3 atom stereocenters. The monoisotopic (exact) mass is 430 g/mol. The number of fused-ring (bicyclic) bond motifs is 2. The van der Waals surface area contributed by atoms with Gasteiger partial charge in [0.1, 0.15) is 11.7 Å². The molecule has 1 saturated heterocycles. The molecule has 0 unspecified atom stereocenters. The standard InChI is InChI=1S/C18H15BrN4O2S/c19-11-3-1-2-9-6-12(21-15(9)11)17(25)23-13-7-10(13)8-14(23)16(24)22-18-20-4-5-26-18/h1-6,10,13-14,21H,7-8H2,(H,20,22,24)/t10-,13-,14-/m1/s1. The van der Waals surface area contributed by atoms with Crippen molar-refractivity contribution < 1.29 is 9.59 Å². The van der Waals surface area contributed by atoms with Gasteiger partial charge in [0.25, 0.3) is 5.91 Å². The quantitative estimate of drug-likeness (QED) is 0.665. The summed E-state index contributed by atoms with van der Waals surface area (Å²) in [5.41, 5.74) is 1.41. The number of nitrogens with zero attached hydrogens (tertiary/aromatic N) is 2. The lowest BCUT2D eigenvalue weighted by molar-refractivity contribution is -0.120. The first kappa shape index (κ1) is 16.0. The maximum atomic E-state index is 13.2. The average molecular weight is 431 g/mol. The Morgan fingerprint density at radius 1 is 1.35 bits per heavy atom. The van der Waals surface area contributed by atoms with Gasteiger partial charge in [0, 0.05) is 27.5 Å². The normalized spacial score (nSPS) is 23.9. The fraction of sp³-hybridized carbons (Fsp3) is 0.278. The number of amides is 2. The maximum absolute atomic E-state index is 13.2. The molecule has 26 heavy (non-hydrogen) atoms. The van der Waals surface area contributed by atoms with Crippen molar-refractivity contribution in [3.8, 4) is 0 Å². The molecule has 1 aliphatic carbocycles. The molecule has 8 heteroatoms. The summed E-state index contributed by atoms with van der Waals surface area (Å²) < 4.78 is 0.915. The average Bonchev–Trinajstić information content (AvgIpc) is 3.03. The highest BCUT2D eigenvalue weighted by Gasteiger charge is 2.56. The Hall–Kier alpha value is -2.19. The number of benzene rings is 1. The minimum atomic E-state index is -0.440. The van der Waals surface area contributed by atoms with E-state index >= 15 is 0 Å². The lowest BCUT2D eigenvalue weighted by Gasteiger charge is -2.26. The molecule has 0 bridgehead atoms. The van der Waals surface area contributed by atoms with E-state index in [2.05, 4.69) is 31.2 Å². The minimum Gasteiger partial charge on any atom is -0.350 e. The van der Waals surface area contributed by atoms with Crippen LogP contribution in [0.15, 0.2) is 40.3 Å². The fourth-order valence-electron chi connectivity index (χ4n) is 3.83. The molecule has 2 fully saturated rings. The Labute approximate surface area is 161 Å². The summed E-state index contributed by atoms with van der Waals surface area (Å²) in [7, 11) is 0. The number of nitrogens with one attached hydrogen (secondary N) is 2. The van der Waals surface area contributed by atoms with E-state index in [4.69, 9.17) is 0 Å². The smallest absolute Gasteiger partial charge is 0.271 e. The van der Waals surface area contributed by atoms with Crippen molar-refractivity contribution in [1.82, 2.24) is 14.9 Å². The third kappa shape index (κ3) is 2.55. The number of hydrogen-bond donors (Lipinski definition) is 2. The number of para-hydroxylation sites is 1. The van der Waals surface area contributed by atoms with Crippen molar-refractivity contribution in [2.45, 2.75) is 24.9 Å². The van der Waals surface area contributed by atoms with Gasteiger partial charge in [0.15, 0.2) is 5.13 Å². The second-order valence-corrected chi connectivity index (χ2v) is 8.49. The zero-order valence-corrected chi connectivity index (χ0v) is 16.0. The topological polar surface area (TPSA) is 78.1 Å². The molecule has 1 aromatic carbocycles. The van der Waals surface area contributed by atoms with Gasteiger partial charge in [0.05, 0.1) is 5.52 Å². The molecule has 2 amide bonds. The lowest BCUT2D eigenvalue weighted by atomic mass is 10.1. The third-order valence-electron chi connectivity index (χ3n) is 5.14. The van der Waals surface area contributed by atoms with E-state index in [1.54, 1.807) is 11.1 Å². The van der Waals surface area contributed by atoms with E-state index in [0.717, 1.165) is 28.2 Å². The number of rotatable bonds is 3. The van der Waals surface area contributed by atoms with Crippen LogP contribution in [-0.4, -0.2) is 38.8 Å². The molecule has 1 saturated carbocycles. The highest BCUT2D eigenvalue weighted by molar-refractivity contribution is 9.10. The lowest BCUT2D eigenvalue weighted by Crippen LogP contribution is -2.45. The second kappa shape index (κ2) is 5.92. The van der Waals surface area contributed by atoms with Gasteiger partial charge >= 0.3 is 0 Å². The highest BCUT2D eigenvalue weighted by atomic mass is 79.9. The number of hydrogen-bond acceptors (Lipinski definition) is 4. The SMILES string of the molecule is O=C(Nc1nccs1)[C@H]1C[C@H]2C[C@H]2N1C(=O)c1cc2cccc(Br)c2[nH]1. The Balaban J connectivity index is 1.43. The highest BCUT2D eigenvalue weighted by Crippen LogP contribution is 2.48. The molecule has 0 spiro atoms. The Kier molecular flexibility index (Phi) is 3.65. The van der Waals surface area contributed by atoms with Crippen LogP contribution < -0.4 is 5.32 Å². The van der Waals surface area contributed by atoms with Gasteiger partial charge in [-0.25, -0.2) is 4.98 Å². The van der Waals surface area contributed by atoms with E-state index in [9.17, 15) is 9.59 Å². The predicted octanol–water partition coefficient (Wildman–Crippen LogP) is 3.63. The largest absolute Gasteiger partial charge is 0.350 e. The van der Waals surface area contributed by atoms with Crippen LogP contribution in [0.2, 0.25) is 0 Å². The van der Waals surface area contributed by atoms with E-state index < -0.39 is 6.04 Å². The zero-order chi connectivity index (χ0) is 17.8. The van der Waals surface area contributed by atoms with Crippen LogP contribution in [0.3, 0.4) is 0 Å². The molecule has 0 radical (unpaired) electrons. The summed E-state index contributed by atoms with van der Waals surface area (Å²) in [5.74, 6) is 0.164. The van der Waals surface area contributed by atoms with Crippen LogP contribution in [0.5, 0.6) is 0 Å². The summed E-state index contributed by atoms with van der Waals surface area (Å²) in [6.45, 7) is 0. The maximum Gasteiger partial charge on any atom is 0.271 e. The number of carbonyl (C=O) groups excluding carboxylic acids is 2.